The number of nitrogens with zero attached hydrogens (tertiary/aromatic N) is 3. The van der Waals surface area contributed by atoms with Gasteiger partial charge in [-0.1, -0.05) is 25.1 Å². The van der Waals surface area contributed by atoms with Crippen molar-refractivity contribution in [2.45, 2.75) is 36.8 Å². The van der Waals surface area contributed by atoms with Gasteiger partial charge in [-0.25, -0.2) is 8.42 Å². The maximum absolute atomic E-state index is 12.8. The largest absolute Gasteiger partial charge is 0.412 e. The summed E-state index contributed by atoms with van der Waals surface area (Å²) in [5.74, 6) is -0.228. The summed E-state index contributed by atoms with van der Waals surface area (Å²) in [6, 6.07) is 8.76. The molecule has 1 saturated heterocycles. The van der Waals surface area contributed by atoms with E-state index < -0.39 is 10.0 Å². The fraction of sp³-hybridized carbons (Fsp3) is 0.350. The van der Waals surface area contributed by atoms with Crippen molar-refractivity contribution in [2.24, 2.45) is 0 Å². The summed E-state index contributed by atoms with van der Waals surface area (Å²) in [6.45, 7) is 3.33. The fourth-order valence-corrected chi connectivity index (χ4v) is 5.61. The maximum Gasteiger partial charge on any atom is 0.311 e. The Kier molecular flexibility index (Phi) is 5.87. The highest BCUT2D eigenvalue weighted by atomic mass is 32.2. The molecule has 158 valence electrons. The zero-order valence-corrected chi connectivity index (χ0v) is 18.1. The van der Waals surface area contributed by atoms with Crippen molar-refractivity contribution in [2.75, 3.05) is 17.8 Å². The summed E-state index contributed by atoms with van der Waals surface area (Å²) in [5, 5.41) is 9.43. The van der Waals surface area contributed by atoms with E-state index in [4.69, 9.17) is 4.42 Å². The van der Waals surface area contributed by atoms with Crippen LogP contribution >= 0.6 is 11.3 Å². The van der Waals surface area contributed by atoms with E-state index in [-0.39, 0.29) is 21.9 Å². The van der Waals surface area contributed by atoms with Gasteiger partial charge in [-0.15, -0.1) is 21.5 Å². The van der Waals surface area contributed by atoms with Gasteiger partial charge < -0.3 is 9.32 Å². The number of aryl methyl sites for hydroxylation is 1. The molecule has 0 saturated carbocycles. The summed E-state index contributed by atoms with van der Waals surface area (Å²) < 4.78 is 33.9. The molecule has 0 atom stereocenters. The lowest BCUT2D eigenvalue weighted by Crippen LogP contribution is -2.35. The number of nitrogens with one attached hydrogen (secondary N) is 1. The number of para-hydroxylation sites is 1. The summed E-state index contributed by atoms with van der Waals surface area (Å²) in [4.78, 5) is 14.2. The normalized spacial score (nSPS) is 14.6. The van der Waals surface area contributed by atoms with E-state index in [0.717, 1.165) is 36.2 Å². The lowest BCUT2D eigenvalue weighted by Gasteiger charge is -2.24. The second-order valence-corrected chi connectivity index (χ2v) is 9.86. The van der Waals surface area contributed by atoms with E-state index in [1.54, 1.807) is 22.4 Å². The molecule has 0 spiro atoms. The average molecular weight is 447 g/mol. The molecule has 0 aliphatic carbocycles. The molecule has 1 amide bonds. The van der Waals surface area contributed by atoms with Crippen LogP contribution in [0.4, 0.5) is 5.69 Å². The molecule has 0 unspecified atom stereocenters. The van der Waals surface area contributed by atoms with Crippen molar-refractivity contribution in [3.8, 4) is 11.5 Å². The third kappa shape index (κ3) is 4.24. The summed E-state index contributed by atoms with van der Waals surface area (Å²) in [6.07, 6.45) is 3.76. The molecule has 3 heterocycles. The number of aromatic nitrogens is 2. The number of anilines is 1. The molecule has 1 aromatic carbocycles. The van der Waals surface area contributed by atoms with E-state index in [1.165, 1.54) is 6.07 Å². The van der Waals surface area contributed by atoms with Crippen LogP contribution in [0.15, 0.2) is 44.3 Å². The Morgan fingerprint density at radius 2 is 1.97 bits per heavy atom. The van der Waals surface area contributed by atoms with Gasteiger partial charge >= 0.3 is 11.8 Å². The second-order valence-electron chi connectivity index (χ2n) is 7.04. The van der Waals surface area contributed by atoms with Gasteiger partial charge in [0.05, 0.1) is 11.3 Å². The number of rotatable bonds is 6. The Labute approximate surface area is 179 Å². The van der Waals surface area contributed by atoms with Crippen molar-refractivity contribution in [1.29, 1.82) is 0 Å². The first kappa shape index (κ1) is 20.5. The molecule has 1 N–H and O–H groups in total. The highest BCUT2D eigenvalue weighted by Crippen LogP contribution is 2.30. The van der Waals surface area contributed by atoms with Crippen LogP contribution in [0, 0.1) is 0 Å². The first-order valence-electron chi connectivity index (χ1n) is 9.80. The Morgan fingerprint density at radius 3 is 2.73 bits per heavy atom. The molecule has 2 aromatic heterocycles. The second kappa shape index (κ2) is 8.57. The Bertz CT molecular complexity index is 1150. The zero-order chi connectivity index (χ0) is 21.1. The van der Waals surface area contributed by atoms with Crippen LogP contribution in [-0.4, -0.2) is 42.5 Å². The average Bonchev–Trinajstić information content (AvgIpc) is 3.44. The third-order valence-electron chi connectivity index (χ3n) is 4.98. The number of thiophene rings is 1. The van der Waals surface area contributed by atoms with E-state index in [1.807, 2.05) is 19.1 Å². The van der Waals surface area contributed by atoms with E-state index in [2.05, 4.69) is 14.9 Å². The van der Waals surface area contributed by atoms with E-state index >= 15 is 0 Å². The standard InChI is InChI=1S/C20H22N4O4S2/c1-2-14-8-4-5-9-16(14)23-30(26,27)17-12-15(13-29-17)18-21-22-19(28-18)20(25)24-10-6-3-7-11-24/h4-5,8-9,12-13,23H,2-3,6-7,10-11H2,1H3. The topological polar surface area (TPSA) is 105 Å². The van der Waals surface area contributed by atoms with Crippen LogP contribution in [0.3, 0.4) is 0 Å². The van der Waals surface area contributed by atoms with Crippen LogP contribution in [0.25, 0.3) is 11.5 Å². The molecule has 10 heteroatoms. The lowest BCUT2D eigenvalue weighted by molar-refractivity contribution is 0.0684. The van der Waals surface area contributed by atoms with Crippen molar-refractivity contribution < 1.29 is 17.6 Å². The molecular formula is C20H22N4O4S2. The molecule has 1 aliphatic heterocycles. The fourth-order valence-electron chi connectivity index (χ4n) is 3.35. The predicted molar refractivity (Wildman–Crippen MR) is 114 cm³/mol. The summed E-state index contributed by atoms with van der Waals surface area (Å²) >= 11 is 1.06. The van der Waals surface area contributed by atoms with Crippen LogP contribution in [-0.2, 0) is 16.4 Å². The first-order chi connectivity index (χ1) is 14.5. The number of amides is 1. The van der Waals surface area contributed by atoms with Gasteiger partial charge in [0.25, 0.3) is 10.0 Å². The van der Waals surface area contributed by atoms with E-state index in [0.29, 0.717) is 30.8 Å². The molecular weight excluding hydrogens is 424 g/mol. The van der Waals surface area contributed by atoms with E-state index in [9.17, 15) is 13.2 Å². The number of hydrogen-bond donors (Lipinski definition) is 1. The number of likely N-dealkylation sites (tertiary alicyclic amines) is 1. The molecule has 3 aromatic rings. The van der Waals surface area contributed by atoms with Crippen molar-refractivity contribution >= 4 is 33.0 Å². The molecule has 4 rings (SSSR count). The molecule has 1 aliphatic rings. The molecule has 0 radical (unpaired) electrons. The van der Waals surface area contributed by atoms with Gasteiger partial charge in [0.1, 0.15) is 4.21 Å². The lowest BCUT2D eigenvalue weighted by atomic mass is 10.1. The summed E-state index contributed by atoms with van der Waals surface area (Å²) in [7, 11) is -3.76. The van der Waals surface area contributed by atoms with Crippen molar-refractivity contribution in [1.82, 2.24) is 15.1 Å². The predicted octanol–water partition coefficient (Wildman–Crippen LogP) is 3.79. The van der Waals surface area contributed by atoms with Crippen molar-refractivity contribution in [3.63, 3.8) is 0 Å². The first-order valence-corrected chi connectivity index (χ1v) is 12.2. The number of carbonyl (C=O) groups is 1. The monoisotopic (exact) mass is 446 g/mol. The third-order valence-corrected chi connectivity index (χ3v) is 7.79. The van der Waals surface area contributed by atoms with Gasteiger partial charge in [0.15, 0.2) is 0 Å². The van der Waals surface area contributed by atoms with Gasteiger partial charge in [-0.3, -0.25) is 9.52 Å². The van der Waals surface area contributed by atoms with Gasteiger partial charge in [0.2, 0.25) is 5.89 Å². The smallest absolute Gasteiger partial charge is 0.311 e. The Hall–Kier alpha value is -2.72. The van der Waals surface area contributed by atoms with Gasteiger partial charge in [0, 0.05) is 18.5 Å². The maximum atomic E-state index is 12.8. The van der Waals surface area contributed by atoms with Crippen LogP contribution in [0.1, 0.15) is 42.4 Å². The highest BCUT2D eigenvalue weighted by Gasteiger charge is 2.25. The zero-order valence-electron chi connectivity index (χ0n) is 16.5. The molecule has 1 fully saturated rings. The Balaban J connectivity index is 1.52. The van der Waals surface area contributed by atoms with Gasteiger partial charge in [-0.05, 0) is 43.4 Å². The molecule has 0 bridgehead atoms. The highest BCUT2D eigenvalue weighted by molar-refractivity contribution is 7.94. The number of sulfonamides is 1. The Morgan fingerprint density at radius 1 is 1.20 bits per heavy atom. The quantitative estimate of drug-likeness (QED) is 0.618. The SMILES string of the molecule is CCc1ccccc1NS(=O)(=O)c1cc(-c2nnc(C(=O)N3CCCCC3)o2)cs1. The van der Waals surface area contributed by atoms with Gasteiger partial charge in [-0.2, -0.15) is 0 Å². The minimum atomic E-state index is -3.76. The number of piperidine rings is 1. The number of hydrogen-bond acceptors (Lipinski definition) is 7. The molecule has 8 nitrogen and oxygen atoms in total. The van der Waals surface area contributed by atoms with Crippen molar-refractivity contribution in [3.05, 3.63) is 47.2 Å². The minimum absolute atomic E-state index is 0.0718. The number of carbonyl (C=O) groups excluding carboxylic acids is 1. The van der Waals surface area contributed by atoms with Crippen LogP contribution < -0.4 is 4.72 Å². The minimum Gasteiger partial charge on any atom is -0.412 e. The van der Waals surface area contributed by atoms with Crippen LogP contribution in [0.2, 0.25) is 0 Å². The molecule has 30 heavy (non-hydrogen) atoms. The summed E-state index contributed by atoms with van der Waals surface area (Å²) in [5.41, 5.74) is 1.94. The number of benzene rings is 1. The van der Waals surface area contributed by atoms with Crippen LogP contribution in [0.5, 0.6) is 0 Å².